The van der Waals surface area contributed by atoms with Gasteiger partial charge in [-0.1, -0.05) is 60.5 Å². The van der Waals surface area contributed by atoms with Crippen molar-refractivity contribution in [1.29, 1.82) is 0 Å². The number of carbonyl (C=O) groups is 1. The van der Waals surface area contributed by atoms with Crippen molar-refractivity contribution in [2.75, 3.05) is 0 Å². The second-order valence-electron chi connectivity index (χ2n) is 10.4. The summed E-state index contributed by atoms with van der Waals surface area (Å²) in [6.45, 7) is 9.62. The average molecular weight is 473 g/mol. The van der Waals surface area contributed by atoms with Crippen molar-refractivity contribution in [3.63, 3.8) is 0 Å². The molecule has 0 bridgehead atoms. The number of benzene rings is 3. The van der Waals surface area contributed by atoms with Gasteiger partial charge in [0.2, 0.25) is 0 Å². The van der Waals surface area contributed by atoms with E-state index >= 15 is 0 Å². The SMILES string of the molecule is CC(=O)C(OC(C)(C)C)c1c(C)cc2ccc(C#CC3CCCC3)cc2c1-c1ccc(Cl)cc1. The molecule has 4 rings (SSSR count). The zero-order valence-corrected chi connectivity index (χ0v) is 21.6. The standard InChI is InChI=1S/C31H33ClO2/c1-20-18-25-13-12-23(11-10-22-8-6-7-9-22)19-27(25)29(24-14-16-26(32)17-15-24)28(20)30(21(2)33)34-31(3,4)5/h12-19,22,30H,6-9H2,1-5H3. The molecule has 1 aliphatic carbocycles. The van der Waals surface area contributed by atoms with E-state index in [-0.39, 0.29) is 5.78 Å². The minimum atomic E-state index is -0.664. The average Bonchev–Trinajstić information content (AvgIpc) is 3.29. The van der Waals surface area contributed by atoms with Gasteiger partial charge in [-0.15, -0.1) is 0 Å². The van der Waals surface area contributed by atoms with Gasteiger partial charge < -0.3 is 4.74 Å². The molecule has 1 atom stereocenters. The second-order valence-corrected chi connectivity index (χ2v) is 10.8. The molecule has 1 aliphatic rings. The highest BCUT2D eigenvalue weighted by molar-refractivity contribution is 6.30. The fraction of sp³-hybridized carbons (Fsp3) is 0.387. The quantitative estimate of drug-likeness (QED) is 0.356. The van der Waals surface area contributed by atoms with Gasteiger partial charge in [-0.05, 0) is 105 Å². The molecule has 1 unspecified atom stereocenters. The lowest BCUT2D eigenvalue weighted by molar-refractivity contribution is -0.138. The Morgan fingerprint density at radius 1 is 1.06 bits per heavy atom. The zero-order valence-electron chi connectivity index (χ0n) is 20.8. The van der Waals surface area contributed by atoms with Gasteiger partial charge in [-0.3, -0.25) is 4.79 Å². The van der Waals surface area contributed by atoms with Crippen molar-refractivity contribution in [2.45, 2.75) is 72.0 Å². The summed E-state index contributed by atoms with van der Waals surface area (Å²) in [5, 5.41) is 2.88. The Morgan fingerprint density at radius 2 is 1.74 bits per heavy atom. The van der Waals surface area contributed by atoms with Gasteiger partial charge in [-0.25, -0.2) is 0 Å². The number of halogens is 1. The van der Waals surface area contributed by atoms with Crippen LogP contribution in [0.4, 0.5) is 0 Å². The van der Waals surface area contributed by atoms with E-state index < -0.39 is 11.7 Å². The van der Waals surface area contributed by atoms with Gasteiger partial charge in [-0.2, -0.15) is 0 Å². The van der Waals surface area contributed by atoms with Gasteiger partial charge >= 0.3 is 0 Å². The smallest absolute Gasteiger partial charge is 0.163 e. The molecule has 0 aromatic heterocycles. The molecule has 3 aromatic carbocycles. The molecule has 1 fully saturated rings. The van der Waals surface area contributed by atoms with Crippen molar-refractivity contribution in [1.82, 2.24) is 0 Å². The summed E-state index contributed by atoms with van der Waals surface area (Å²) in [5.74, 6) is 7.40. The van der Waals surface area contributed by atoms with Crippen LogP contribution < -0.4 is 0 Å². The predicted octanol–water partition coefficient (Wildman–Crippen LogP) is 8.46. The maximum Gasteiger partial charge on any atom is 0.163 e. The first-order chi connectivity index (χ1) is 16.1. The van der Waals surface area contributed by atoms with E-state index in [1.165, 1.54) is 25.7 Å². The van der Waals surface area contributed by atoms with Crippen LogP contribution in [0.3, 0.4) is 0 Å². The lowest BCUT2D eigenvalue weighted by Crippen LogP contribution is -2.27. The van der Waals surface area contributed by atoms with Crippen LogP contribution in [0, 0.1) is 24.7 Å². The Hall–Kier alpha value is -2.60. The molecule has 176 valence electrons. The van der Waals surface area contributed by atoms with Gasteiger partial charge in [0.05, 0.1) is 5.60 Å². The summed E-state index contributed by atoms with van der Waals surface area (Å²) in [4.78, 5) is 12.9. The van der Waals surface area contributed by atoms with Crippen LogP contribution in [0.5, 0.6) is 0 Å². The van der Waals surface area contributed by atoms with Gasteiger partial charge in [0.25, 0.3) is 0 Å². The molecule has 0 N–H and O–H groups in total. The summed E-state index contributed by atoms with van der Waals surface area (Å²) in [6, 6.07) is 16.4. The van der Waals surface area contributed by atoms with Gasteiger partial charge in [0.15, 0.2) is 5.78 Å². The second kappa shape index (κ2) is 9.95. The number of ether oxygens (including phenoxy) is 1. The number of rotatable bonds is 4. The fourth-order valence-corrected chi connectivity index (χ4v) is 4.98. The van der Waals surface area contributed by atoms with E-state index in [1.54, 1.807) is 6.92 Å². The summed E-state index contributed by atoms with van der Waals surface area (Å²) in [5.41, 5.74) is 4.51. The largest absolute Gasteiger partial charge is 0.360 e. The number of fused-ring (bicyclic) bond motifs is 1. The van der Waals surface area contributed by atoms with E-state index in [1.807, 2.05) is 45.0 Å². The Morgan fingerprint density at radius 3 is 2.35 bits per heavy atom. The third kappa shape index (κ3) is 5.54. The molecule has 34 heavy (non-hydrogen) atoms. The van der Waals surface area contributed by atoms with Gasteiger partial charge in [0.1, 0.15) is 6.10 Å². The summed E-state index contributed by atoms with van der Waals surface area (Å²) >= 11 is 6.22. The van der Waals surface area contributed by atoms with Crippen LogP contribution in [0.25, 0.3) is 21.9 Å². The van der Waals surface area contributed by atoms with E-state index in [4.69, 9.17) is 16.3 Å². The highest BCUT2D eigenvalue weighted by Crippen LogP contribution is 2.41. The molecule has 1 saturated carbocycles. The van der Waals surface area contributed by atoms with Crippen LogP contribution in [0.2, 0.25) is 5.02 Å². The van der Waals surface area contributed by atoms with Crippen LogP contribution in [-0.2, 0) is 9.53 Å². The molecule has 0 saturated heterocycles. The summed E-state index contributed by atoms with van der Waals surface area (Å²) in [7, 11) is 0. The molecule has 0 spiro atoms. The third-order valence-electron chi connectivity index (χ3n) is 6.40. The Kier molecular flexibility index (Phi) is 7.17. The topological polar surface area (TPSA) is 26.3 Å². The first-order valence-electron chi connectivity index (χ1n) is 12.2. The Balaban J connectivity index is 1.97. The number of hydrogen-bond donors (Lipinski definition) is 0. The number of Topliss-reactive ketones (excluding diaryl/α,β-unsaturated/α-hetero) is 1. The Labute approximate surface area is 208 Å². The van der Waals surface area contributed by atoms with Crippen molar-refractivity contribution in [3.8, 4) is 23.0 Å². The molecule has 3 aromatic rings. The molecule has 2 nitrogen and oxygen atoms in total. The molecule has 0 aliphatic heterocycles. The number of carbonyl (C=O) groups excluding carboxylic acids is 1. The van der Waals surface area contributed by atoms with Crippen LogP contribution >= 0.6 is 11.6 Å². The summed E-state index contributed by atoms with van der Waals surface area (Å²) in [6.07, 6.45) is 4.29. The number of ketones is 1. The number of hydrogen-bond acceptors (Lipinski definition) is 2. The van der Waals surface area contributed by atoms with E-state index in [0.717, 1.165) is 38.6 Å². The van der Waals surface area contributed by atoms with Crippen LogP contribution in [0.15, 0.2) is 48.5 Å². The van der Waals surface area contributed by atoms with E-state index in [0.29, 0.717) is 10.9 Å². The van der Waals surface area contributed by atoms with Crippen molar-refractivity contribution in [3.05, 3.63) is 70.2 Å². The monoisotopic (exact) mass is 472 g/mol. The fourth-order valence-electron chi connectivity index (χ4n) is 4.85. The van der Waals surface area contributed by atoms with Crippen molar-refractivity contribution in [2.24, 2.45) is 5.92 Å². The highest BCUT2D eigenvalue weighted by Gasteiger charge is 2.29. The Bertz CT molecular complexity index is 1260. The molecule has 0 radical (unpaired) electrons. The molecule has 0 heterocycles. The highest BCUT2D eigenvalue weighted by atomic mass is 35.5. The first-order valence-corrected chi connectivity index (χ1v) is 12.5. The van der Waals surface area contributed by atoms with Crippen LogP contribution in [-0.4, -0.2) is 11.4 Å². The lowest BCUT2D eigenvalue weighted by atomic mass is 9.85. The summed E-state index contributed by atoms with van der Waals surface area (Å²) < 4.78 is 6.34. The molecular weight excluding hydrogens is 440 g/mol. The number of aryl methyl sites for hydroxylation is 1. The van der Waals surface area contributed by atoms with E-state index in [9.17, 15) is 4.79 Å². The van der Waals surface area contributed by atoms with Crippen molar-refractivity contribution >= 4 is 28.2 Å². The first kappa shape index (κ1) is 24.5. The third-order valence-corrected chi connectivity index (χ3v) is 6.65. The van der Waals surface area contributed by atoms with Crippen LogP contribution in [0.1, 0.15) is 76.2 Å². The van der Waals surface area contributed by atoms with Gasteiger partial charge in [0, 0.05) is 16.5 Å². The van der Waals surface area contributed by atoms with Crippen molar-refractivity contribution < 1.29 is 9.53 Å². The molecule has 0 amide bonds. The maximum atomic E-state index is 12.9. The molecular formula is C31H33ClO2. The van der Waals surface area contributed by atoms with E-state index in [2.05, 4.69) is 43.0 Å². The molecule has 3 heteroatoms. The predicted molar refractivity (Wildman–Crippen MR) is 142 cm³/mol. The maximum absolute atomic E-state index is 12.9. The zero-order chi connectivity index (χ0) is 24.5. The normalized spacial score (nSPS) is 15.2. The lowest BCUT2D eigenvalue weighted by Gasteiger charge is -2.29. The minimum Gasteiger partial charge on any atom is -0.360 e. The minimum absolute atomic E-state index is 0.00947.